The molecule has 0 unspecified atom stereocenters. The van der Waals surface area contributed by atoms with Crippen LogP contribution < -0.4 is 10.6 Å². The number of hydrogen-bond acceptors (Lipinski definition) is 4. The van der Waals surface area contributed by atoms with Gasteiger partial charge in [-0.1, -0.05) is 55.1 Å². The van der Waals surface area contributed by atoms with Crippen molar-refractivity contribution >= 4 is 17.5 Å². The first kappa shape index (κ1) is 30.9. The van der Waals surface area contributed by atoms with E-state index < -0.39 is 0 Å². The fraction of sp³-hybridized carbons (Fsp3) is 0.412. The topological polar surface area (TPSA) is 69.9 Å². The minimum Gasteiger partial charge on any atom is -0.369 e. The molecule has 0 saturated heterocycles. The third-order valence-corrected chi connectivity index (χ3v) is 7.69. The fourth-order valence-corrected chi connectivity index (χ4v) is 5.22. The van der Waals surface area contributed by atoms with Crippen molar-refractivity contribution in [1.29, 1.82) is 0 Å². The van der Waals surface area contributed by atoms with E-state index in [1.165, 1.54) is 11.1 Å². The van der Waals surface area contributed by atoms with Gasteiger partial charge in [0.15, 0.2) is 0 Å². The molecule has 1 aliphatic heterocycles. The van der Waals surface area contributed by atoms with Crippen LogP contribution >= 0.6 is 0 Å². The normalized spacial score (nSPS) is 13.9. The van der Waals surface area contributed by atoms with Crippen LogP contribution in [0.1, 0.15) is 71.9 Å². The molecule has 6 heteroatoms. The van der Waals surface area contributed by atoms with E-state index in [9.17, 15) is 9.59 Å². The zero-order valence-corrected chi connectivity index (χ0v) is 24.6. The summed E-state index contributed by atoms with van der Waals surface area (Å²) in [5, 5.41) is 0. The van der Waals surface area contributed by atoms with Crippen molar-refractivity contribution in [3.05, 3.63) is 101 Å². The summed E-state index contributed by atoms with van der Waals surface area (Å²) in [6, 6.07) is 13.9. The van der Waals surface area contributed by atoms with Gasteiger partial charge >= 0.3 is 0 Å². The lowest BCUT2D eigenvalue weighted by Crippen LogP contribution is -2.35. The number of nitrogens with two attached hydrogens (primary N) is 1. The van der Waals surface area contributed by atoms with Gasteiger partial charge in [-0.15, -0.1) is 0 Å². The Bertz CT molecular complexity index is 1220. The molecule has 1 aliphatic rings. The molecule has 1 heterocycles. The van der Waals surface area contributed by atoms with Crippen LogP contribution in [-0.4, -0.2) is 60.9 Å². The number of likely N-dealkylation sites (N-methyl/N-ethyl adjacent to an activating group) is 1. The van der Waals surface area contributed by atoms with E-state index in [0.29, 0.717) is 37.3 Å². The summed E-state index contributed by atoms with van der Waals surface area (Å²) >= 11 is 0. The number of fused-ring (bicyclic) bond motifs is 1. The number of nitrogens with zero attached hydrogens (tertiary/aromatic N) is 3. The third-order valence-electron chi connectivity index (χ3n) is 7.69. The van der Waals surface area contributed by atoms with Crippen LogP contribution in [0.25, 0.3) is 0 Å². The van der Waals surface area contributed by atoms with Gasteiger partial charge in [-0.25, -0.2) is 0 Å². The zero-order chi connectivity index (χ0) is 28.9. The Balaban J connectivity index is 1.70. The van der Waals surface area contributed by atoms with Gasteiger partial charge in [0.25, 0.3) is 11.8 Å². The van der Waals surface area contributed by atoms with E-state index in [1.807, 2.05) is 72.2 Å². The lowest BCUT2D eigenvalue weighted by molar-refractivity contribution is 0.0754. The monoisotopic (exact) mass is 542 g/mol. The predicted molar refractivity (Wildman–Crippen MR) is 167 cm³/mol. The van der Waals surface area contributed by atoms with E-state index in [1.54, 1.807) is 0 Å². The molecule has 0 atom stereocenters. The number of anilines is 1. The summed E-state index contributed by atoms with van der Waals surface area (Å²) in [7, 11) is 0. The Morgan fingerprint density at radius 1 is 1.07 bits per heavy atom. The second kappa shape index (κ2) is 15.8. The van der Waals surface area contributed by atoms with Crippen molar-refractivity contribution in [3.63, 3.8) is 0 Å². The van der Waals surface area contributed by atoms with Crippen molar-refractivity contribution in [3.8, 4) is 0 Å². The van der Waals surface area contributed by atoms with Crippen molar-refractivity contribution in [1.82, 2.24) is 9.80 Å². The van der Waals surface area contributed by atoms with E-state index in [-0.39, 0.29) is 11.8 Å². The molecule has 0 radical (unpaired) electrons. The molecule has 0 aliphatic carbocycles. The molecule has 2 aromatic carbocycles. The number of aryl methyl sites for hydroxylation is 1. The molecule has 0 fully saturated rings. The largest absolute Gasteiger partial charge is 0.369 e. The molecule has 2 amide bonds. The summed E-state index contributed by atoms with van der Waals surface area (Å²) in [5.74, 6) is 0.0338. The number of hydrogen-bond donors (Lipinski definition) is 1. The number of amides is 2. The average Bonchev–Trinajstić information content (AvgIpc) is 3.12. The fourth-order valence-electron chi connectivity index (χ4n) is 5.22. The predicted octanol–water partition coefficient (Wildman–Crippen LogP) is 5.99. The molecule has 0 saturated carbocycles. The summed E-state index contributed by atoms with van der Waals surface area (Å²) < 4.78 is 0. The Kier molecular flexibility index (Phi) is 12.2. The van der Waals surface area contributed by atoms with Crippen LogP contribution in [-0.2, 0) is 13.0 Å². The second-order valence-corrected chi connectivity index (χ2v) is 10.1. The molecule has 2 aromatic rings. The number of allylic oxidation sites excluding steroid dienone is 4. The maximum Gasteiger partial charge on any atom is 0.256 e. The lowest BCUT2D eigenvalue weighted by atomic mass is 10.0. The van der Waals surface area contributed by atoms with Crippen LogP contribution in [0, 0.1) is 0 Å². The third kappa shape index (κ3) is 7.95. The standard InChI is InChI=1S/C34H46N4O2/c1-5-9-14-27(6-2)20-22-37(8-4)33(39)29-18-19-31-32(25-29)36(7-3)23-24-38(34(31)40)21-13-12-16-28-15-10-11-17-30(28)26-35/h5-6,9-11,14-15,17-19,25H,2,7-8,12-13,16,20-24,26,35H2,1,3-4H3/b9-5-,27-14+. The summed E-state index contributed by atoms with van der Waals surface area (Å²) in [6.45, 7) is 14.7. The minimum atomic E-state index is -0.0119. The molecular weight excluding hydrogens is 496 g/mol. The lowest BCUT2D eigenvalue weighted by Gasteiger charge is -2.25. The highest BCUT2D eigenvalue weighted by molar-refractivity contribution is 6.03. The van der Waals surface area contributed by atoms with E-state index in [4.69, 9.17) is 5.73 Å². The SMILES string of the molecule is C=C/C(=C\C=C/C)CCN(CC)C(=O)c1ccc2c(c1)N(CC)CCN(CCCCc1ccccc1CN)C2=O. The number of benzene rings is 2. The Labute approximate surface area is 240 Å². The van der Waals surface area contributed by atoms with Crippen molar-refractivity contribution in [2.75, 3.05) is 44.2 Å². The van der Waals surface area contributed by atoms with E-state index in [2.05, 4.69) is 36.6 Å². The summed E-state index contributed by atoms with van der Waals surface area (Å²) in [4.78, 5) is 33.1. The first-order chi connectivity index (χ1) is 19.5. The highest BCUT2D eigenvalue weighted by atomic mass is 16.2. The second-order valence-electron chi connectivity index (χ2n) is 10.1. The van der Waals surface area contributed by atoms with E-state index in [0.717, 1.165) is 56.6 Å². The maximum atomic E-state index is 13.6. The van der Waals surface area contributed by atoms with Gasteiger partial charge in [0.05, 0.1) is 11.3 Å². The molecule has 2 N–H and O–H groups in total. The smallest absolute Gasteiger partial charge is 0.256 e. The maximum absolute atomic E-state index is 13.6. The molecule has 40 heavy (non-hydrogen) atoms. The first-order valence-electron chi connectivity index (χ1n) is 14.7. The summed E-state index contributed by atoms with van der Waals surface area (Å²) in [5.41, 5.74) is 11.6. The molecule has 3 rings (SSSR count). The number of carbonyl (C=O) groups is 2. The Hall–Kier alpha value is -3.64. The first-order valence-corrected chi connectivity index (χ1v) is 14.7. The van der Waals surface area contributed by atoms with Crippen LogP contribution in [0.3, 0.4) is 0 Å². The summed E-state index contributed by atoms with van der Waals surface area (Å²) in [6.07, 6.45) is 11.5. The highest BCUT2D eigenvalue weighted by Crippen LogP contribution is 2.28. The highest BCUT2D eigenvalue weighted by Gasteiger charge is 2.27. The van der Waals surface area contributed by atoms with Gasteiger partial charge in [-0.3, -0.25) is 9.59 Å². The Morgan fingerprint density at radius 2 is 1.82 bits per heavy atom. The number of unbranched alkanes of at least 4 members (excludes halogenated alkanes) is 1. The van der Waals surface area contributed by atoms with Crippen LogP contribution in [0.5, 0.6) is 0 Å². The van der Waals surface area contributed by atoms with Crippen LogP contribution in [0.2, 0.25) is 0 Å². The molecule has 0 aromatic heterocycles. The number of carbonyl (C=O) groups excluding carboxylic acids is 2. The number of rotatable bonds is 14. The van der Waals surface area contributed by atoms with Gasteiger partial charge in [0.2, 0.25) is 0 Å². The van der Waals surface area contributed by atoms with Gasteiger partial charge in [0.1, 0.15) is 0 Å². The van der Waals surface area contributed by atoms with Crippen LogP contribution in [0.15, 0.2) is 78.9 Å². The Morgan fingerprint density at radius 3 is 2.50 bits per heavy atom. The van der Waals surface area contributed by atoms with Crippen molar-refractivity contribution < 1.29 is 9.59 Å². The quantitative estimate of drug-likeness (QED) is 0.235. The van der Waals surface area contributed by atoms with Crippen LogP contribution in [0.4, 0.5) is 5.69 Å². The minimum absolute atomic E-state index is 0.0119. The zero-order valence-electron chi connectivity index (χ0n) is 24.6. The van der Waals surface area contributed by atoms with Gasteiger partial charge in [-0.05, 0) is 81.4 Å². The van der Waals surface area contributed by atoms with Gasteiger partial charge in [-0.2, -0.15) is 0 Å². The van der Waals surface area contributed by atoms with Crippen molar-refractivity contribution in [2.45, 2.75) is 53.0 Å². The molecule has 6 nitrogen and oxygen atoms in total. The van der Waals surface area contributed by atoms with Gasteiger partial charge < -0.3 is 20.4 Å². The van der Waals surface area contributed by atoms with Gasteiger partial charge in [0, 0.05) is 51.4 Å². The van der Waals surface area contributed by atoms with Crippen molar-refractivity contribution in [2.24, 2.45) is 5.73 Å². The molecule has 0 spiro atoms. The molecular formula is C34H46N4O2. The molecule has 214 valence electrons. The molecule has 0 bridgehead atoms. The van der Waals surface area contributed by atoms with E-state index >= 15 is 0 Å². The average molecular weight is 543 g/mol.